The second kappa shape index (κ2) is 9.61. The molecule has 0 aromatic heterocycles. The van der Waals surface area contributed by atoms with E-state index in [1.165, 1.54) is 26.3 Å². The maximum Gasteiger partial charge on any atom is 0.272 e. The summed E-state index contributed by atoms with van der Waals surface area (Å²) in [6.07, 6.45) is 1.83. The number of phenolic OH excluding ortho intramolecular Hbond substituents is 1. The van der Waals surface area contributed by atoms with Crippen LogP contribution in [0.1, 0.15) is 48.9 Å². The van der Waals surface area contributed by atoms with Gasteiger partial charge in [0.25, 0.3) is 5.91 Å². The molecule has 4 nitrogen and oxygen atoms in total. The number of hydrogen-bond donors (Lipinski definition) is 1. The Hall–Kier alpha value is -2.08. The Morgan fingerprint density at radius 1 is 1.28 bits per heavy atom. The van der Waals surface area contributed by atoms with Gasteiger partial charge in [0.2, 0.25) is 0 Å². The molecule has 0 radical (unpaired) electrons. The van der Waals surface area contributed by atoms with Crippen molar-refractivity contribution in [3.63, 3.8) is 0 Å². The fraction of sp³-hybridized carbons (Fsp3) is 0.318. The van der Waals surface area contributed by atoms with Gasteiger partial charge in [-0.05, 0) is 53.8 Å². The van der Waals surface area contributed by atoms with E-state index in [1.807, 2.05) is 13.8 Å². The zero-order chi connectivity index (χ0) is 21.9. The van der Waals surface area contributed by atoms with Crippen LogP contribution in [-0.4, -0.2) is 30.2 Å². The number of phenols is 1. The van der Waals surface area contributed by atoms with Crippen molar-refractivity contribution < 1.29 is 19.1 Å². The van der Waals surface area contributed by atoms with Crippen LogP contribution >= 0.6 is 23.2 Å². The third-order valence-corrected chi connectivity index (χ3v) is 5.30. The van der Waals surface area contributed by atoms with Crippen molar-refractivity contribution in [3.8, 4) is 5.75 Å². The monoisotopic (exact) mass is 439 g/mol. The molecular formula is C22H24Cl2FNO3. The molecule has 1 amide bonds. The van der Waals surface area contributed by atoms with Crippen molar-refractivity contribution in [1.82, 2.24) is 5.06 Å². The van der Waals surface area contributed by atoms with Gasteiger partial charge < -0.3 is 5.11 Å². The van der Waals surface area contributed by atoms with Crippen LogP contribution in [0.4, 0.5) is 4.39 Å². The standard InChI is InChI=1S/C22H24Cl2FNO3/c1-12(2)20-19(27)7-6-15(21(20)25)11-16-17(23)9-14(10-18(16)24)8-13(3)22(28)26(4)29-5/h6-10,12,27H,11H2,1-5H3/b13-8+. The molecule has 7 heteroatoms. The highest BCUT2D eigenvalue weighted by atomic mass is 35.5. The molecule has 0 fully saturated rings. The lowest BCUT2D eigenvalue weighted by molar-refractivity contribution is -0.163. The van der Waals surface area contributed by atoms with Crippen LogP contribution in [0.2, 0.25) is 10.0 Å². The highest BCUT2D eigenvalue weighted by molar-refractivity contribution is 6.36. The number of carbonyl (C=O) groups excluding carboxylic acids is 1. The minimum Gasteiger partial charge on any atom is -0.508 e. The molecule has 0 unspecified atom stereocenters. The molecule has 1 N–H and O–H groups in total. The predicted molar refractivity (Wildman–Crippen MR) is 115 cm³/mol. The summed E-state index contributed by atoms with van der Waals surface area (Å²) in [5.41, 5.74) is 2.33. The Kier molecular flexibility index (Phi) is 7.69. The Balaban J connectivity index is 2.39. The summed E-state index contributed by atoms with van der Waals surface area (Å²) in [5.74, 6) is -0.990. The van der Waals surface area contributed by atoms with Gasteiger partial charge in [-0.2, -0.15) is 0 Å². The largest absolute Gasteiger partial charge is 0.508 e. The first kappa shape index (κ1) is 23.2. The lowest BCUT2D eigenvalue weighted by atomic mass is 9.95. The summed E-state index contributed by atoms with van der Waals surface area (Å²) < 4.78 is 14.9. The molecule has 29 heavy (non-hydrogen) atoms. The second-order valence-corrected chi connectivity index (χ2v) is 7.89. The topological polar surface area (TPSA) is 49.8 Å². The quantitative estimate of drug-likeness (QED) is 0.445. The van der Waals surface area contributed by atoms with Crippen LogP contribution in [0, 0.1) is 5.82 Å². The normalized spacial score (nSPS) is 11.8. The zero-order valence-corrected chi connectivity index (χ0v) is 18.5. The third-order valence-electron chi connectivity index (χ3n) is 4.63. The molecule has 2 aromatic carbocycles. The Morgan fingerprint density at radius 2 is 1.86 bits per heavy atom. The molecule has 2 aromatic rings. The van der Waals surface area contributed by atoms with Crippen LogP contribution in [0.25, 0.3) is 6.08 Å². The minimum atomic E-state index is -0.458. The number of amides is 1. The van der Waals surface area contributed by atoms with Gasteiger partial charge in [-0.25, -0.2) is 9.45 Å². The number of hydrogen-bond acceptors (Lipinski definition) is 3. The van der Waals surface area contributed by atoms with Gasteiger partial charge in [-0.15, -0.1) is 0 Å². The number of likely N-dealkylation sites (N-methyl/N-ethyl adjacent to an activating group) is 1. The number of nitrogens with zero attached hydrogens (tertiary/aromatic N) is 1. The summed E-state index contributed by atoms with van der Waals surface area (Å²) >= 11 is 12.8. The van der Waals surface area contributed by atoms with Crippen molar-refractivity contribution in [3.05, 3.63) is 68.0 Å². The average Bonchev–Trinajstić information content (AvgIpc) is 2.64. The van der Waals surface area contributed by atoms with Crippen molar-refractivity contribution in [2.24, 2.45) is 0 Å². The molecule has 0 bridgehead atoms. The van der Waals surface area contributed by atoms with E-state index in [9.17, 15) is 14.3 Å². The highest BCUT2D eigenvalue weighted by Gasteiger charge is 2.18. The predicted octanol–water partition coefficient (Wildman–Crippen LogP) is 5.98. The fourth-order valence-corrected chi connectivity index (χ4v) is 3.66. The molecule has 0 spiro atoms. The van der Waals surface area contributed by atoms with Gasteiger partial charge >= 0.3 is 0 Å². The lowest BCUT2D eigenvalue weighted by Gasteiger charge is -2.15. The van der Waals surface area contributed by atoms with Crippen LogP contribution < -0.4 is 0 Å². The summed E-state index contributed by atoms with van der Waals surface area (Å²) in [5, 5.41) is 11.8. The van der Waals surface area contributed by atoms with E-state index in [0.29, 0.717) is 32.3 Å². The number of benzene rings is 2. The van der Waals surface area contributed by atoms with Crippen LogP contribution in [0.5, 0.6) is 5.75 Å². The van der Waals surface area contributed by atoms with Gasteiger partial charge in [-0.1, -0.05) is 43.1 Å². The maximum absolute atomic E-state index is 14.9. The first-order valence-corrected chi connectivity index (χ1v) is 9.81. The summed E-state index contributed by atoms with van der Waals surface area (Å²) in [7, 11) is 2.92. The van der Waals surface area contributed by atoms with Crippen molar-refractivity contribution in [2.45, 2.75) is 33.1 Å². The van der Waals surface area contributed by atoms with E-state index in [4.69, 9.17) is 28.0 Å². The molecule has 2 rings (SSSR count). The molecule has 0 saturated heterocycles. The molecule has 0 aliphatic rings. The molecule has 0 aliphatic carbocycles. The number of halogens is 3. The molecular weight excluding hydrogens is 416 g/mol. The molecule has 0 heterocycles. The Bertz CT molecular complexity index is 934. The molecule has 0 saturated carbocycles. The number of aromatic hydroxyl groups is 1. The highest BCUT2D eigenvalue weighted by Crippen LogP contribution is 2.34. The van der Waals surface area contributed by atoms with Gasteiger partial charge in [0.15, 0.2) is 0 Å². The van der Waals surface area contributed by atoms with Gasteiger partial charge in [-0.3, -0.25) is 9.63 Å². The Labute approximate surface area is 180 Å². The van der Waals surface area contributed by atoms with Gasteiger partial charge in [0.05, 0.1) is 7.11 Å². The summed E-state index contributed by atoms with van der Waals surface area (Å²) in [4.78, 5) is 17.0. The minimum absolute atomic E-state index is 0.0694. The van der Waals surface area contributed by atoms with E-state index in [-0.39, 0.29) is 29.6 Å². The third kappa shape index (κ3) is 5.30. The Morgan fingerprint density at radius 3 is 2.38 bits per heavy atom. The number of carbonyl (C=O) groups is 1. The first-order valence-electron chi connectivity index (χ1n) is 9.05. The molecule has 0 aliphatic heterocycles. The molecule has 0 atom stereocenters. The fourth-order valence-electron chi connectivity index (χ4n) is 3.02. The SMILES string of the molecule is CON(C)C(=O)/C(C)=C/c1cc(Cl)c(Cc2ccc(O)c(C(C)C)c2F)c(Cl)c1. The van der Waals surface area contributed by atoms with Gasteiger partial charge in [0.1, 0.15) is 11.6 Å². The van der Waals surface area contributed by atoms with E-state index in [2.05, 4.69) is 0 Å². The molecule has 156 valence electrons. The zero-order valence-electron chi connectivity index (χ0n) is 17.0. The first-order chi connectivity index (χ1) is 13.6. The number of rotatable bonds is 6. The van der Waals surface area contributed by atoms with Crippen molar-refractivity contribution in [1.29, 1.82) is 0 Å². The van der Waals surface area contributed by atoms with Gasteiger partial charge in [0, 0.05) is 34.7 Å². The summed E-state index contributed by atoms with van der Waals surface area (Å²) in [6, 6.07) is 6.36. The van der Waals surface area contributed by atoms with Crippen molar-refractivity contribution in [2.75, 3.05) is 14.2 Å². The van der Waals surface area contributed by atoms with E-state index in [0.717, 1.165) is 5.06 Å². The summed E-state index contributed by atoms with van der Waals surface area (Å²) in [6.45, 7) is 5.29. The number of hydroxylamine groups is 2. The van der Waals surface area contributed by atoms with E-state index < -0.39 is 5.82 Å². The van der Waals surface area contributed by atoms with Crippen LogP contribution in [0.15, 0.2) is 29.8 Å². The average molecular weight is 440 g/mol. The van der Waals surface area contributed by atoms with Crippen LogP contribution in [-0.2, 0) is 16.1 Å². The van der Waals surface area contributed by atoms with E-state index in [1.54, 1.807) is 25.1 Å². The smallest absolute Gasteiger partial charge is 0.272 e. The van der Waals surface area contributed by atoms with Crippen molar-refractivity contribution >= 4 is 35.2 Å². The van der Waals surface area contributed by atoms with E-state index >= 15 is 0 Å². The second-order valence-electron chi connectivity index (χ2n) is 7.08. The maximum atomic E-state index is 14.9. The van der Waals surface area contributed by atoms with Crippen LogP contribution in [0.3, 0.4) is 0 Å². The lowest BCUT2D eigenvalue weighted by Crippen LogP contribution is -2.25.